The van der Waals surface area contributed by atoms with E-state index in [9.17, 15) is 4.79 Å². The zero-order valence-electron chi connectivity index (χ0n) is 9.64. The molecule has 0 aliphatic rings. The Morgan fingerprint density at radius 2 is 2.17 bits per heavy atom. The highest BCUT2D eigenvalue weighted by Gasteiger charge is 2.11. The number of nitrogens with one attached hydrogen (secondary N) is 1. The van der Waals surface area contributed by atoms with Crippen LogP contribution in [0.25, 0.3) is 0 Å². The van der Waals surface area contributed by atoms with Crippen molar-refractivity contribution in [1.29, 1.82) is 0 Å². The maximum Gasteiger partial charge on any atom is 0.257 e. The predicted octanol–water partition coefficient (Wildman–Crippen LogP) is 2.27. The van der Waals surface area contributed by atoms with Gasteiger partial charge in [-0.25, -0.2) is 9.97 Å². The van der Waals surface area contributed by atoms with Crippen LogP contribution < -0.4 is 11.1 Å². The summed E-state index contributed by atoms with van der Waals surface area (Å²) in [6.07, 6.45) is 1.28. The molecule has 0 bridgehead atoms. The number of aromatic nitrogens is 2. The number of halogens is 1. The fourth-order valence-corrected chi connectivity index (χ4v) is 1.63. The van der Waals surface area contributed by atoms with Crippen LogP contribution in [-0.4, -0.2) is 15.9 Å². The summed E-state index contributed by atoms with van der Waals surface area (Å²) >= 11 is 5.71. The second-order valence-corrected chi connectivity index (χ2v) is 4.09. The SMILES string of the molecule is Cc1c(N)cccc1C(=O)Nc1cc(Cl)ncn1. The number of anilines is 2. The number of nitrogens with two attached hydrogens (primary N) is 1. The molecule has 0 aliphatic heterocycles. The average molecular weight is 263 g/mol. The summed E-state index contributed by atoms with van der Waals surface area (Å²) in [5.41, 5.74) is 7.56. The number of hydrogen-bond donors (Lipinski definition) is 2. The van der Waals surface area contributed by atoms with Crippen molar-refractivity contribution in [2.24, 2.45) is 0 Å². The van der Waals surface area contributed by atoms with Crippen LogP contribution >= 0.6 is 11.6 Å². The molecular weight excluding hydrogens is 252 g/mol. The molecule has 1 heterocycles. The second-order valence-electron chi connectivity index (χ2n) is 3.70. The van der Waals surface area contributed by atoms with Gasteiger partial charge in [-0.05, 0) is 24.6 Å². The maximum absolute atomic E-state index is 12.0. The first-order valence-corrected chi connectivity index (χ1v) is 5.59. The highest BCUT2D eigenvalue weighted by molar-refractivity contribution is 6.29. The van der Waals surface area contributed by atoms with Gasteiger partial charge < -0.3 is 11.1 Å². The minimum absolute atomic E-state index is 0.268. The number of benzene rings is 1. The van der Waals surface area contributed by atoms with Crippen LogP contribution in [0.2, 0.25) is 5.15 Å². The van der Waals surface area contributed by atoms with Crippen molar-refractivity contribution in [2.45, 2.75) is 6.92 Å². The first-order valence-electron chi connectivity index (χ1n) is 5.22. The first-order chi connectivity index (χ1) is 8.58. The molecule has 0 spiro atoms. The zero-order valence-corrected chi connectivity index (χ0v) is 10.4. The lowest BCUT2D eigenvalue weighted by Gasteiger charge is -2.08. The molecule has 3 N–H and O–H groups in total. The number of nitrogens with zero attached hydrogens (tertiary/aromatic N) is 2. The molecule has 0 fully saturated rings. The molecule has 1 amide bonds. The van der Waals surface area contributed by atoms with E-state index in [0.717, 1.165) is 5.56 Å². The van der Waals surface area contributed by atoms with E-state index in [4.69, 9.17) is 17.3 Å². The Labute approximate surface area is 109 Å². The van der Waals surface area contributed by atoms with E-state index in [1.54, 1.807) is 25.1 Å². The van der Waals surface area contributed by atoms with E-state index in [1.165, 1.54) is 12.4 Å². The van der Waals surface area contributed by atoms with Gasteiger partial charge in [-0.2, -0.15) is 0 Å². The second kappa shape index (κ2) is 5.01. The van der Waals surface area contributed by atoms with E-state index >= 15 is 0 Å². The van der Waals surface area contributed by atoms with Gasteiger partial charge in [0.05, 0.1) is 0 Å². The quantitative estimate of drug-likeness (QED) is 0.643. The molecule has 0 atom stereocenters. The number of carbonyl (C=O) groups excluding carboxylic acids is 1. The van der Waals surface area contributed by atoms with Gasteiger partial charge in [-0.3, -0.25) is 4.79 Å². The van der Waals surface area contributed by atoms with Crippen LogP contribution in [0.3, 0.4) is 0 Å². The summed E-state index contributed by atoms with van der Waals surface area (Å²) in [6.45, 7) is 1.79. The summed E-state index contributed by atoms with van der Waals surface area (Å²) in [6, 6.07) is 6.64. The summed E-state index contributed by atoms with van der Waals surface area (Å²) < 4.78 is 0. The number of carbonyl (C=O) groups is 1. The van der Waals surface area contributed by atoms with Crippen LogP contribution in [0.15, 0.2) is 30.6 Å². The summed E-state index contributed by atoms with van der Waals surface area (Å²) in [4.78, 5) is 19.7. The molecule has 1 aromatic carbocycles. The molecule has 92 valence electrons. The average Bonchev–Trinajstić information content (AvgIpc) is 2.32. The van der Waals surface area contributed by atoms with E-state index in [1.807, 2.05) is 0 Å². The van der Waals surface area contributed by atoms with Crippen molar-refractivity contribution in [3.8, 4) is 0 Å². The van der Waals surface area contributed by atoms with Gasteiger partial charge >= 0.3 is 0 Å². The van der Waals surface area contributed by atoms with Crippen LogP contribution in [0.4, 0.5) is 11.5 Å². The van der Waals surface area contributed by atoms with Crippen LogP contribution in [0, 0.1) is 6.92 Å². The molecule has 1 aromatic heterocycles. The monoisotopic (exact) mass is 262 g/mol. The lowest BCUT2D eigenvalue weighted by Crippen LogP contribution is -2.15. The maximum atomic E-state index is 12.0. The molecule has 0 unspecified atom stereocenters. The smallest absolute Gasteiger partial charge is 0.257 e. The summed E-state index contributed by atoms with van der Waals surface area (Å²) in [5, 5.41) is 2.91. The predicted molar refractivity (Wildman–Crippen MR) is 70.6 cm³/mol. The van der Waals surface area contributed by atoms with Crippen LogP contribution in [-0.2, 0) is 0 Å². The number of nitrogen functional groups attached to an aromatic ring is 1. The number of amides is 1. The molecule has 0 radical (unpaired) electrons. The lowest BCUT2D eigenvalue weighted by molar-refractivity contribution is 0.102. The Bertz CT molecular complexity index is 600. The highest BCUT2D eigenvalue weighted by atomic mass is 35.5. The Balaban J connectivity index is 2.25. The Morgan fingerprint density at radius 3 is 2.89 bits per heavy atom. The van der Waals surface area contributed by atoms with Gasteiger partial charge in [0, 0.05) is 17.3 Å². The fourth-order valence-electron chi connectivity index (χ4n) is 1.49. The van der Waals surface area contributed by atoms with Gasteiger partial charge in [0.1, 0.15) is 17.3 Å². The molecule has 18 heavy (non-hydrogen) atoms. The minimum atomic E-state index is -0.283. The van der Waals surface area contributed by atoms with E-state index in [0.29, 0.717) is 17.1 Å². The van der Waals surface area contributed by atoms with E-state index < -0.39 is 0 Å². The number of rotatable bonds is 2. The normalized spacial score (nSPS) is 10.1. The molecule has 2 aromatic rings. The third-order valence-corrected chi connectivity index (χ3v) is 2.70. The number of hydrogen-bond acceptors (Lipinski definition) is 4. The van der Waals surface area contributed by atoms with Crippen LogP contribution in [0.5, 0.6) is 0 Å². The largest absolute Gasteiger partial charge is 0.398 e. The van der Waals surface area contributed by atoms with Crippen molar-refractivity contribution in [3.63, 3.8) is 0 Å². The van der Waals surface area contributed by atoms with Crippen molar-refractivity contribution in [2.75, 3.05) is 11.1 Å². The Morgan fingerprint density at radius 1 is 1.39 bits per heavy atom. The molecule has 6 heteroatoms. The van der Waals surface area contributed by atoms with Gasteiger partial charge in [0.15, 0.2) is 0 Å². The lowest BCUT2D eigenvalue weighted by atomic mass is 10.1. The third kappa shape index (κ3) is 2.57. The topological polar surface area (TPSA) is 80.9 Å². The van der Waals surface area contributed by atoms with Crippen LogP contribution in [0.1, 0.15) is 15.9 Å². The Hall–Kier alpha value is -2.14. The molecule has 0 saturated heterocycles. The first kappa shape index (κ1) is 12.3. The molecule has 0 aliphatic carbocycles. The third-order valence-electron chi connectivity index (χ3n) is 2.50. The standard InChI is InChI=1S/C12H11ClN4O/c1-7-8(3-2-4-9(7)14)12(18)17-11-5-10(13)15-6-16-11/h2-6H,14H2,1H3,(H,15,16,17,18). The minimum Gasteiger partial charge on any atom is -0.398 e. The molecule has 2 rings (SSSR count). The fraction of sp³-hybridized carbons (Fsp3) is 0.0833. The zero-order chi connectivity index (χ0) is 13.1. The summed E-state index contributed by atoms with van der Waals surface area (Å²) in [5.74, 6) is 0.0661. The van der Waals surface area contributed by atoms with E-state index in [2.05, 4.69) is 15.3 Å². The van der Waals surface area contributed by atoms with Crippen molar-refractivity contribution in [3.05, 3.63) is 46.9 Å². The Kier molecular flexibility index (Phi) is 3.43. The van der Waals surface area contributed by atoms with Crippen molar-refractivity contribution in [1.82, 2.24) is 9.97 Å². The van der Waals surface area contributed by atoms with Gasteiger partial charge in [-0.1, -0.05) is 17.7 Å². The molecule has 5 nitrogen and oxygen atoms in total. The molecule has 0 saturated carbocycles. The highest BCUT2D eigenvalue weighted by Crippen LogP contribution is 2.17. The van der Waals surface area contributed by atoms with Gasteiger partial charge in [-0.15, -0.1) is 0 Å². The van der Waals surface area contributed by atoms with Gasteiger partial charge in [0.25, 0.3) is 5.91 Å². The van der Waals surface area contributed by atoms with Crippen molar-refractivity contribution < 1.29 is 4.79 Å². The summed E-state index contributed by atoms with van der Waals surface area (Å²) in [7, 11) is 0. The van der Waals surface area contributed by atoms with E-state index in [-0.39, 0.29) is 11.1 Å². The molecular formula is C12H11ClN4O. The van der Waals surface area contributed by atoms with Crippen molar-refractivity contribution >= 4 is 29.0 Å². The van der Waals surface area contributed by atoms with Gasteiger partial charge in [0.2, 0.25) is 0 Å².